The van der Waals surface area contributed by atoms with E-state index < -0.39 is 0 Å². The van der Waals surface area contributed by atoms with Gasteiger partial charge in [0, 0.05) is 32.3 Å². The lowest BCUT2D eigenvalue weighted by Gasteiger charge is -2.49. The number of likely N-dealkylation sites (tertiary alicyclic amines) is 1. The summed E-state index contributed by atoms with van der Waals surface area (Å²) in [6.07, 6.45) is 8.99. The van der Waals surface area contributed by atoms with Crippen LogP contribution in [0.2, 0.25) is 0 Å². The van der Waals surface area contributed by atoms with E-state index in [2.05, 4.69) is 4.90 Å². The van der Waals surface area contributed by atoms with Crippen molar-refractivity contribution in [1.29, 1.82) is 0 Å². The fraction of sp³-hybridized carbons (Fsp3) is 0.667. The molecule has 1 aliphatic heterocycles. The second-order valence-corrected chi connectivity index (χ2v) is 6.93. The average molecular weight is 302 g/mol. The summed E-state index contributed by atoms with van der Waals surface area (Å²) in [7, 11) is 0. The van der Waals surface area contributed by atoms with Crippen LogP contribution in [0.4, 0.5) is 0 Å². The van der Waals surface area contributed by atoms with E-state index in [0.29, 0.717) is 23.9 Å². The molecule has 3 rings (SSSR count). The van der Waals surface area contributed by atoms with Crippen LogP contribution in [0.25, 0.3) is 0 Å². The first-order valence-corrected chi connectivity index (χ1v) is 8.59. The lowest BCUT2D eigenvalue weighted by molar-refractivity contribution is 0.0188. The quantitative estimate of drug-likeness (QED) is 0.785. The van der Waals surface area contributed by atoms with Crippen molar-refractivity contribution >= 4 is 5.78 Å². The molecule has 0 N–H and O–H groups in total. The Bertz CT molecular complexity index is 601. The predicted molar refractivity (Wildman–Crippen MR) is 87.3 cm³/mol. The summed E-state index contributed by atoms with van der Waals surface area (Å²) >= 11 is 0. The molecule has 2 heterocycles. The zero-order valence-electron chi connectivity index (χ0n) is 13.5. The number of rotatable bonds is 5. The van der Waals surface area contributed by atoms with Crippen LogP contribution in [-0.4, -0.2) is 34.9 Å². The fourth-order valence-corrected chi connectivity index (χ4v) is 3.95. The van der Waals surface area contributed by atoms with E-state index in [4.69, 9.17) is 0 Å². The van der Waals surface area contributed by atoms with Crippen molar-refractivity contribution in [2.24, 2.45) is 5.41 Å². The van der Waals surface area contributed by atoms with Crippen LogP contribution in [0, 0.1) is 5.41 Å². The third-order valence-corrected chi connectivity index (χ3v) is 5.45. The Balaban J connectivity index is 1.64. The summed E-state index contributed by atoms with van der Waals surface area (Å²) in [5.41, 5.74) is 0.785. The van der Waals surface area contributed by atoms with Gasteiger partial charge in [-0.15, -0.1) is 0 Å². The van der Waals surface area contributed by atoms with Crippen LogP contribution in [0.5, 0.6) is 0 Å². The Labute approximate surface area is 132 Å². The lowest BCUT2D eigenvalue weighted by atomic mass is 9.64. The Morgan fingerprint density at radius 1 is 1.23 bits per heavy atom. The van der Waals surface area contributed by atoms with E-state index in [-0.39, 0.29) is 11.3 Å². The monoisotopic (exact) mass is 302 g/mol. The fourth-order valence-electron chi connectivity index (χ4n) is 3.95. The molecule has 1 aromatic heterocycles. The SMILES string of the molecule is CCC(=O)c1cccn(CCN2CCCC3(CCC3)C2)c1=O. The molecule has 2 fully saturated rings. The second-order valence-electron chi connectivity index (χ2n) is 6.93. The second kappa shape index (κ2) is 6.37. The van der Waals surface area contributed by atoms with Crippen LogP contribution >= 0.6 is 0 Å². The van der Waals surface area contributed by atoms with Gasteiger partial charge in [-0.2, -0.15) is 0 Å². The van der Waals surface area contributed by atoms with Crippen molar-refractivity contribution in [3.8, 4) is 0 Å². The predicted octanol–water partition coefficient (Wildman–Crippen LogP) is 2.71. The molecule has 2 aliphatic rings. The first-order chi connectivity index (χ1) is 10.6. The maximum Gasteiger partial charge on any atom is 0.261 e. The van der Waals surface area contributed by atoms with Crippen LogP contribution in [0.1, 0.15) is 55.8 Å². The number of pyridine rings is 1. The van der Waals surface area contributed by atoms with Crippen molar-refractivity contribution in [1.82, 2.24) is 9.47 Å². The van der Waals surface area contributed by atoms with E-state index in [9.17, 15) is 9.59 Å². The number of Topliss-reactive ketones (excluding diaryl/α,β-unsaturated/α-hetero) is 1. The molecule has 0 bridgehead atoms. The Morgan fingerprint density at radius 2 is 2.00 bits per heavy atom. The summed E-state index contributed by atoms with van der Waals surface area (Å²) < 4.78 is 1.70. The van der Waals surface area contributed by atoms with Gasteiger partial charge < -0.3 is 9.47 Å². The van der Waals surface area contributed by atoms with Gasteiger partial charge in [0.15, 0.2) is 5.78 Å². The number of nitrogens with zero attached hydrogens (tertiary/aromatic N) is 2. The highest BCUT2D eigenvalue weighted by molar-refractivity contribution is 5.95. The van der Waals surface area contributed by atoms with Gasteiger partial charge in [-0.25, -0.2) is 0 Å². The van der Waals surface area contributed by atoms with Crippen molar-refractivity contribution < 1.29 is 4.79 Å². The highest BCUT2D eigenvalue weighted by Gasteiger charge is 2.40. The highest BCUT2D eigenvalue weighted by Crippen LogP contribution is 2.47. The standard InChI is InChI=1S/C18H26N2O2/c1-2-16(21)15-6-3-11-20(17(15)22)13-12-19-10-5-9-18(14-19)7-4-8-18/h3,6,11H,2,4-5,7-10,12-14H2,1H3. The average Bonchev–Trinajstić information content (AvgIpc) is 2.52. The van der Waals surface area contributed by atoms with E-state index in [1.807, 2.05) is 6.07 Å². The molecule has 1 aliphatic carbocycles. The third kappa shape index (κ3) is 3.02. The first kappa shape index (κ1) is 15.5. The Morgan fingerprint density at radius 3 is 2.68 bits per heavy atom. The summed E-state index contributed by atoms with van der Waals surface area (Å²) in [5, 5.41) is 0. The van der Waals surface area contributed by atoms with Gasteiger partial charge in [-0.05, 0) is 49.8 Å². The number of hydrogen-bond donors (Lipinski definition) is 0. The molecule has 120 valence electrons. The van der Waals surface area contributed by atoms with Gasteiger partial charge in [0.05, 0.1) is 5.56 Å². The molecule has 1 aromatic rings. The maximum atomic E-state index is 12.4. The smallest absolute Gasteiger partial charge is 0.261 e. The van der Waals surface area contributed by atoms with Gasteiger partial charge in [0.25, 0.3) is 5.56 Å². The number of hydrogen-bond acceptors (Lipinski definition) is 3. The van der Waals surface area contributed by atoms with Crippen molar-refractivity contribution in [3.05, 3.63) is 34.2 Å². The lowest BCUT2D eigenvalue weighted by Crippen LogP contribution is -2.48. The van der Waals surface area contributed by atoms with Crippen LogP contribution in [0.3, 0.4) is 0 Å². The molecule has 0 atom stereocenters. The molecule has 4 nitrogen and oxygen atoms in total. The molecule has 0 unspecified atom stereocenters. The zero-order chi connectivity index (χ0) is 15.6. The van der Waals surface area contributed by atoms with E-state index in [0.717, 1.165) is 13.1 Å². The number of aromatic nitrogens is 1. The van der Waals surface area contributed by atoms with Gasteiger partial charge in [-0.3, -0.25) is 9.59 Å². The van der Waals surface area contributed by atoms with E-state index in [1.165, 1.54) is 38.6 Å². The zero-order valence-corrected chi connectivity index (χ0v) is 13.5. The molecule has 4 heteroatoms. The molecule has 22 heavy (non-hydrogen) atoms. The topological polar surface area (TPSA) is 42.3 Å². The molecule has 0 aromatic carbocycles. The van der Waals surface area contributed by atoms with Crippen LogP contribution < -0.4 is 5.56 Å². The van der Waals surface area contributed by atoms with Crippen LogP contribution in [0.15, 0.2) is 23.1 Å². The van der Waals surface area contributed by atoms with Crippen molar-refractivity contribution in [3.63, 3.8) is 0 Å². The minimum Gasteiger partial charge on any atom is -0.314 e. The molecule has 1 saturated carbocycles. The molecule has 0 radical (unpaired) electrons. The summed E-state index contributed by atoms with van der Waals surface area (Å²) in [6, 6.07) is 3.46. The Kier molecular flexibility index (Phi) is 4.48. The number of carbonyl (C=O) groups is 1. The normalized spacial score (nSPS) is 20.8. The molecule has 1 spiro atoms. The first-order valence-electron chi connectivity index (χ1n) is 8.59. The Hall–Kier alpha value is -1.42. The van der Waals surface area contributed by atoms with Crippen molar-refractivity contribution in [2.45, 2.75) is 52.0 Å². The van der Waals surface area contributed by atoms with E-state index in [1.54, 1.807) is 23.8 Å². The molecule has 0 amide bonds. The summed E-state index contributed by atoms with van der Waals surface area (Å²) in [5.74, 6) is -0.0641. The van der Waals surface area contributed by atoms with Crippen LogP contribution in [-0.2, 0) is 6.54 Å². The van der Waals surface area contributed by atoms with Gasteiger partial charge in [0.2, 0.25) is 0 Å². The third-order valence-electron chi connectivity index (χ3n) is 5.45. The van der Waals surface area contributed by atoms with Crippen molar-refractivity contribution in [2.75, 3.05) is 19.6 Å². The molecular formula is C18H26N2O2. The van der Waals surface area contributed by atoms with Gasteiger partial charge in [-0.1, -0.05) is 13.3 Å². The maximum absolute atomic E-state index is 12.4. The number of ketones is 1. The molecular weight excluding hydrogens is 276 g/mol. The largest absolute Gasteiger partial charge is 0.314 e. The van der Waals surface area contributed by atoms with Gasteiger partial charge >= 0.3 is 0 Å². The van der Waals surface area contributed by atoms with Gasteiger partial charge in [0.1, 0.15) is 0 Å². The minimum absolute atomic E-state index is 0.0641. The minimum atomic E-state index is -0.135. The summed E-state index contributed by atoms with van der Waals surface area (Å²) in [4.78, 5) is 26.7. The van der Waals surface area contributed by atoms with E-state index >= 15 is 0 Å². The highest BCUT2D eigenvalue weighted by atomic mass is 16.1. The summed E-state index contributed by atoms with van der Waals surface area (Å²) in [6.45, 7) is 5.72. The number of carbonyl (C=O) groups excluding carboxylic acids is 1. The number of piperidine rings is 1. The molecule has 1 saturated heterocycles.